The Balaban J connectivity index is 2.20. The highest BCUT2D eigenvalue weighted by atomic mass is 32.1. The van der Waals surface area contributed by atoms with Crippen LogP contribution in [0.15, 0.2) is 23.9 Å². The van der Waals surface area contributed by atoms with Crippen LogP contribution < -0.4 is 14.8 Å². The third-order valence-electron chi connectivity index (χ3n) is 3.43. The summed E-state index contributed by atoms with van der Waals surface area (Å²) in [4.78, 5) is 14.0. The Morgan fingerprint density at radius 1 is 1.26 bits per heavy atom. The Labute approximate surface area is 141 Å². The Hall–Kier alpha value is -2.12. The van der Waals surface area contributed by atoms with Crippen molar-refractivity contribution in [3.05, 3.63) is 29.5 Å². The van der Waals surface area contributed by atoms with Crippen molar-refractivity contribution in [2.75, 3.05) is 34.5 Å². The number of carbonyl (C=O) groups is 1. The Kier molecular flexibility index (Phi) is 5.95. The molecule has 1 N–H and O–H groups in total. The molecule has 0 aromatic heterocycles. The third-order valence-corrected chi connectivity index (χ3v) is 3.76. The van der Waals surface area contributed by atoms with Crippen molar-refractivity contribution in [2.24, 2.45) is 0 Å². The quantitative estimate of drug-likeness (QED) is 0.465. The molecule has 1 saturated heterocycles. The Morgan fingerprint density at radius 3 is 2.70 bits per heavy atom. The molecule has 1 aromatic rings. The molecule has 7 heteroatoms. The number of thiocarbonyl (C=S) groups is 1. The van der Waals surface area contributed by atoms with Crippen molar-refractivity contribution < 1.29 is 19.0 Å². The van der Waals surface area contributed by atoms with E-state index in [1.807, 2.05) is 12.1 Å². The molecule has 2 rings (SSSR count). The summed E-state index contributed by atoms with van der Waals surface area (Å²) in [6.07, 6.45) is 2.45. The van der Waals surface area contributed by atoms with Crippen LogP contribution in [0.4, 0.5) is 0 Å². The minimum Gasteiger partial charge on any atom is -0.497 e. The van der Waals surface area contributed by atoms with Gasteiger partial charge in [0.15, 0.2) is 5.11 Å². The summed E-state index contributed by atoms with van der Waals surface area (Å²) in [6, 6.07) is 5.40. The van der Waals surface area contributed by atoms with Crippen molar-refractivity contribution in [2.45, 2.75) is 6.42 Å². The predicted molar refractivity (Wildman–Crippen MR) is 91.5 cm³/mol. The van der Waals surface area contributed by atoms with Crippen LogP contribution >= 0.6 is 12.2 Å². The maximum atomic E-state index is 12.4. The van der Waals surface area contributed by atoms with Gasteiger partial charge in [-0.15, -0.1) is 0 Å². The van der Waals surface area contributed by atoms with Crippen LogP contribution in [0.2, 0.25) is 0 Å². The van der Waals surface area contributed by atoms with Crippen molar-refractivity contribution in [1.29, 1.82) is 0 Å². The molecule has 0 bridgehead atoms. The third kappa shape index (κ3) is 4.00. The van der Waals surface area contributed by atoms with Crippen LogP contribution in [-0.2, 0) is 9.53 Å². The molecule has 0 atom stereocenters. The SMILES string of the molecule is COCCCN1C(=O)/C(=C\c2ccc(OC)cc2OC)NC1=S. The van der Waals surface area contributed by atoms with Gasteiger partial charge in [0.2, 0.25) is 0 Å². The zero-order chi connectivity index (χ0) is 16.8. The van der Waals surface area contributed by atoms with Gasteiger partial charge in [0.05, 0.1) is 14.2 Å². The largest absolute Gasteiger partial charge is 0.497 e. The van der Waals surface area contributed by atoms with Crippen molar-refractivity contribution in [1.82, 2.24) is 10.2 Å². The van der Waals surface area contributed by atoms with E-state index in [0.717, 1.165) is 12.0 Å². The number of hydrogen-bond donors (Lipinski definition) is 1. The average molecular weight is 336 g/mol. The molecule has 1 heterocycles. The van der Waals surface area contributed by atoms with Crippen LogP contribution in [0, 0.1) is 0 Å². The Morgan fingerprint density at radius 2 is 2.04 bits per heavy atom. The lowest BCUT2D eigenvalue weighted by Crippen LogP contribution is -2.32. The van der Waals surface area contributed by atoms with Crippen LogP contribution in [-0.4, -0.2) is 50.4 Å². The van der Waals surface area contributed by atoms with Crippen LogP contribution in [0.1, 0.15) is 12.0 Å². The first-order valence-corrected chi connectivity index (χ1v) is 7.57. The molecule has 23 heavy (non-hydrogen) atoms. The number of carbonyl (C=O) groups excluding carboxylic acids is 1. The Bertz CT molecular complexity index is 631. The first-order valence-electron chi connectivity index (χ1n) is 7.16. The van der Waals surface area contributed by atoms with Crippen LogP contribution in [0.5, 0.6) is 11.5 Å². The van der Waals surface area contributed by atoms with Gasteiger partial charge in [0.1, 0.15) is 17.2 Å². The maximum Gasteiger partial charge on any atom is 0.276 e. The molecular weight excluding hydrogens is 316 g/mol. The number of methoxy groups -OCH3 is 3. The number of benzene rings is 1. The minimum absolute atomic E-state index is 0.149. The first kappa shape index (κ1) is 17.2. The number of amides is 1. The summed E-state index contributed by atoms with van der Waals surface area (Å²) in [7, 11) is 4.79. The van der Waals surface area contributed by atoms with Crippen LogP contribution in [0.3, 0.4) is 0 Å². The fourth-order valence-electron chi connectivity index (χ4n) is 2.23. The smallest absolute Gasteiger partial charge is 0.276 e. The maximum absolute atomic E-state index is 12.4. The standard InChI is InChI=1S/C16H20N2O4S/c1-20-8-4-7-18-15(19)13(17-16(18)23)9-11-5-6-12(21-2)10-14(11)22-3/h5-6,9-10H,4,7-8H2,1-3H3,(H,17,23)/b13-9+. The summed E-state index contributed by atoms with van der Waals surface area (Å²) in [5.41, 5.74) is 1.20. The number of nitrogens with zero attached hydrogens (tertiary/aromatic N) is 1. The van der Waals surface area contributed by atoms with E-state index in [9.17, 15) is 4.79 Å². The molecule has 6 nitrogen and oxygen atoms in total. The van der Waals surface area contributed by atoms with E-state index < -0.39 is 0 Å². The van der Waals surface area contributed by atoms with Gasteiger partial charge < -0.3 is 19.5 Å². The van der Waals surface area contributed by atoms with Crippen molar-refractivity contribution in [3.63, 3.8) is 0 Å². The van der Waals surface area contributed by atoms with Crippen molar-refractivity contribution in [3.8, 4) is 11.5 Å². The second-order valence-electron chi connectivity index (χ2n) is 4.90. The van der Waals surface area contributed by atoms with E-state index in [2.05, 4.69) is 5.32 Å². The normalized spacial score (nSPS) is 16.0. The monoisotopic (exact) mass is 336 g/mol. The minimum atomic E-state index is -0.149. The van der Waals surface area contributed by atoms with Gasteiger partial charge in [0.25, 0.3) is 5.91 Å². The van der Waals surface area contributed by atoms with E-state index >= 15 is 0 Å². The molecule has 1 aliphatic rings. The summed E-state index contributed by atoms with van der Waals surface area (Å²) >= 11 is 5.22. The van der Waals surface area contributed by atoms with E-state index in [1.54, 1.807) is 33.5 Å². The lowest BCUT2D eigenvalue weighted by atomic mass is 10.1. The molecule has 0 saturated carbocycles. The van der Waals surface area contributed by atoms with Gasteiger partial charge in [0, 0.05) is 31.9 Å². The number of ether oxygens (including phenoxy) is 3. The molecule has 0 spiro atoms. The fourth-order valence-corrected chi connectivity index (χ4v) is 2.52. The van der Waals surface area contributed by atoms with E-state index in [1.165, 1.54) is 4.90 Å². The van der Waals surface area contributed by atoms with Crippen molar-refractivity contribution >= 4 is 29.3 Å². The molecular formula is C16H20N2O4S. The highest BCUT2D eigenvalue weighted by Crippen LogP contribution is 2.27. The number of hydrogen-bond acceptors (Lipinski definition) is 5. The van der Waals surface area contributed by atoms with Gasteiger partial charge >= 0.3 is 0 Å². The highest BCUT2D eigenvalue weighted by Gasteiger charge is 2.30. The lowest BCUT2D eigenvalue weighted by molar-refractivity contribution is -0.122. The second-order valence-corrected chi connectivity index (χ2v) is 5.29. The molecule has 1 aliphatic heterocycles. The van der Waals surface area contributed by atoms with Gasteiger partial charge in [-0.3, -0.25) is 9.69 Å². The average Bonchev–Trinajstić information content (AvgIpc) is 2.82. The zero-order valence-electron chi connectivity index (χ0n) is 13.4. The van der Waals surface area contributed by atoms with Gasteiger partial charge in [-0.2, -0.15) is 0 Å². The predicted octanol–water partition coefficient (Wildman–Crippen LogP) is 1.80. The fraction of sp³-hybridized carbons (Fsp3) is 0.375. The van der Waals surface area contributed by atoms with Gasteiger partial charge in [-0.05, 0) is 36.8 Å². The molecule has 0 aliphatic carbocycles. The summed E-state index contributed by atoms with van der Waals surface area (Å²) in [6.45, 7) is 1.10. The topological polar surface area (TPSA) is 60.0 Å². The molecule has 0 radical (unpaired) electrons. The molecule has 1 amide bonds. The summed E-state index contributed by atoms with van der Waals surface area (Å²) in [5, 5.41) is 3.36. The summed E-state index contributed by atoms with van der Waals surface area (Å²) in [5.74, 6) is 1.16. The van der Waals surface area contributed by atoms with Gasteiger partial charge in [-0.1, -0.05) is 0 Å². The second kappa shape index (κ2) is 7.94. The zero-order valence-corrected chi connectivity index (χ0v) is 14.2. The van der Waals surface area contributed by atoms with E-state index in [-0.39, 0.29) is 5.91 Å². The van der Waals surface area contributed by atoms with E-state index in [4.69, 9.17) is 26.4 Å². The van der Waals surface area contributed by atoms with E-state index in [0.29, 0.717) is 35.5 Å². The summed E-state index contributed by atoms with van der Waals surface area (Å²) < 4.78 is 15.5. The molecule has 124 valence electrons. The van der Waals surface area contributed by atoms with Gasteiger partial charge in [-0.25, -0.2) is 0 Å². The lowest BCUT2D eigenvalue weighted by Gasteiger charge is -2.13. The molecule has 0 unspecified atom stereocenters. The highest BCUT2D eigenvalue weighted by molar-refractivity contribution is 7.80. The number of nitrogens with one attached hydrogen (secondary N) is 1. The van der Waals surface area contributed by atoms with Crippen LogP contribution in [0.25, 0.3) is 6.08 Å². The first-order chi connectivity index (χ1) is 11.1. The molecule has 1 fully saturated rings. The number of rotatable bonds is 7. The molecule has 1 aromatic carbocycles.